The van der Waals surface area contributed by atoms with Crippen LogP contribution in [0.3, 0.4) is 0 Å². The highest BCUT2D eigenvalue weighted by atomic mass is 19.1. The van der Waals surface area contributed by atoms with Gasteiger partial charge >= 0.3 is 0 Å². The van der Waals surface area contributed by atoms with E-state index < -0.39 is 0 Å². The van der Waals surface area contributed by atoms with Crippen molar-refractivity contribution in [2.45, 2.75) is 39.3 Å². The van der Waals surface area contributed by atoms with Crippen LogP contribution in [0, 0.1) is 17.7 Å². The molecular weight excluding hydrogens is 549 g/mol. The summed E-state index contributed by atoms with van der Waals surface area (Å²) in [5.74, 6) is 7.12. The van der Waals surface area contributed by atoms with Crippen LogP contribution < -0.4 is 21.1 Å². The molecule has 11 nitrogen and oxygen atoms in total. The van der Waals surface area contributed by atoms with Crippen molar-refractivity contribution < 1.29 is 8.81 Å². The van der Waals surface area contributed by atoms with Crippen molar-refractivity contribution in [3.8, 4) is 11.8 Å². The monoisotopic (exact) mass is 581 g/mol. The molecule has 0 spiro atoms. The van der Waals surface area contributed by atoms with Crippen molar-refractivity contribution in [2.24, 2.45) is 7.05 Å². The second-order valence-corrected chi connectivity index (χ2v) is 10.9. The number of hydrogen-bond donors (Lipinski definition) is 2. The highest BCUT2D eigenvalue weighted by molar-refractivity contribution is 5.78. The van der Waals surface area contributed by atoms with Gasteiger partial charge in [-0.1, -0.05) is 19.8 Å². The van der Waals surface area contributed by atoms with Crippen molar-refractivity contribution in [3.63, 3.8) is 0 Å². The number of nitrogens with zero attached hydrogens (tertiary/aromatic N) is 7. The molecule has 1 unspecified atom stereocenters. The van der Waals surface area contributed by atoms with E-state index in [-0.39, 0.29) is 41.4 Å². The van der Waals surface area contributed by atoms with Crippen LogP contribution in [-0.2, 0) is 13.6 Å². The summed E-state index contributed by atoms with van der Waals surface area (Å²) in [7, 11) is 1.83. The number of imidazole rings is 1. The van der Waals surface area contributed by atoms with Gasteiger partial charge in [0.25, 0.3) is 5.56 Å². The van der Waals surface area contributed by atoms with Crippen LogP contribution in [0.2, 0.25) is 0 Å². The van der Waals surface area contributed by atoms with Crippen LogP contribution in [0.5, 0.6) is 0 Å². The summed E-state index contributed by atoms with van der Waals surface area (Å²) in [6.45, 7) is 8.47. The molecule has 1 aliphatic heterocycles. The van der Waals surface area contributed by atoms with E-state index in [1.165, 1.54) is 17.0 Å². The molecule has 0 saturated carbocycles. The minimum atomic E-state index is -0.336. The second kappa shape index (κ2) is 11.7. The molecule has 6 rings (SSSR count). The lowest BCUT2D eigenvalue weighted by atomic mass is 10.1. The summed E-state index contributed by atoms with van der Waals surface area (Å²) >= 11 is 0. The van der Waals surface area contributed by atoms with E-state index in [9.17, 15) is 4.79 Å². The maximum absolute atomic E-state index is 15.2. The zero-order valence-electron chi connectivity index (χ0n) is 24.4. The number of hydrogen-bond acceptors (Lipinski definition) is 9. The Morgan fingerprint density at radius 2 is 2.07 bits per heavy atom. The first-order valence-electron chi connectivity index (χ1n) is 14.1. The van der Waals surface area contributed by atoms with E-state index in [0.29, 0.717) is 39.7 Å². The van der Waals surface area contributed by atoms with Gasteiger partial charge in [-0.05, 0) is 37.1 Å². The van der Waals surface area contributed by atoms with Crippen molar-refractivity contribution in [3.05, 3.63) is 88.3 Å². The molecule has 220 valence electrons. The summed E-state index contributed by atoms with van der Waals surface area (Å²) < 4.78 is 24.1. The summed E-state index contributed by atoms with van der Waals surface area (Å²) in [6.07, 6.45) is 6.43. The SMILES string of the molecule is CC1CN(c2ccc(Nc3ncc4cc(C#Cc5nccn5C)c(=O)n(Cc5ncoc5C(C)C)c4n3)cc2F)CCN1. The third-order valence-electron chi connectivity index (χ3n) is 7.38. The molecule has 43 heavy (non-hydrogen) atoms. The quantitative estimate of drug-likeness (QED) is 0.289. The normalized spacial score (nSPS) is 15.1. The van der Waals surface area contributed by atoms with E-state index in [1.54, 1.807) is 41.4 Å². The highest BCUT2D eigenvalue weighted by Gasteiger charge is 2.20. The zero-order chi connectivity index (χ0) is 30.1. The molecule has 12 heteroatoms. The first-order chi connectivity index (χ1) is 20.8. The fourth-order valence-corrected chi connectivity index (χ4v) is 5.20. The Kier molecular flexibility index (Phi) is 7.65. The number of aryl methyl sites for hydroxylation is 1. The Hall–Kier alpha value is -5.02. The Balaban J connectivity index is 1.38. The second-order valence-electron chi connectivity index (χ2n) is 10.9. The van der Waals surface area contributed by atoms with E-state index >= 15 is 4.39 Å². The molecule has 2 N–H and O–H groups in total. The molecule has 1 atom stereocenters. The van der Waals surface area contributed by atoms with Gasteiger partial charge in [0.1, 0.15) is 22.9 Å². The molecule has 4 aromatic heterocycles. The number of halogens is 1. The van der Waals surface area contributed by atoms with Crippen LogP contribution in [0.4, 0.5) is 21.7 Å². The molecule has 0 radical (unpaired) electrons. The zero-order valence-corrected chi connectivity index (χ0v) is 24.4. The highest BCUT2D eigenvalue weighted by Crippen LogP contribution is 2.26. The average Bonchev–Trinajstić information content (AvgIpc) is 3.62. The molecule has 0 aliphatic carbocycles. The molecule has 1 aliphatic rings. The molecule has 0 amide bonds. The van der Waals surface area contributed by atoms with Gasteiger partial charge < -0.3 is 24.5 Å². The van der Waals surface area contributed by atoms with E-state index in [0.717, 1.165) is 19.6 Å². The summed E-state index contributed by atoms with van der Waals surface area (Å²) in [5.41, 5.74) is 2.00. The van der Waals surface area contributed by atoms with Crippen LogP contribution in [0.1, 0.15) is 49.5 Å². The van der Waals surface area contributed by atoms with Gasteiger partial charge in [-0.25, -0.2) is 19.3 Å². The third-order valence-corrected chi connectivity index (χ3v) is 7.38. The van der Waals surface area contributed by atoms with Crippen molar-refractivity contribution >= 4 is 28.4 Å². The first kappa shape index (κ1) is 28.1. The lowest BCUT2D eigenvalue weighted by Gasteiger charge is -2.33. The number of nitrogens with one attached hydrogen (secondary N) is 2. The molecule has 1 aromatic carbocycles. The van der Waals surface area contributed by atoms with Crippen LogP contribution >= 0.6 is 0 Å². The number of benzene rings is 1. The molecule has 5 aromatic rings. The Morgan fingerprint density at radius 1 is 1.21 bits per heavy atom. The average molecular weight is 582 g/mol. The van der Waals surface area contributed by atoms with Gasteiger partial charge in [0, 0.05) is 68.3 Å². The van der Waals surface area contributed by atoms with Gasteiger partial charge in [0.05, 0.1) is 17.8 Å². The molecular formula is C31H32FN9O2. The minimum Gasteiger partial charge on any atom is -0.448 e. The lowest BCUT2D eigenvalue weighted by molar-refractivity contribution is 0.477. The van der Waals surface area contributed by atoms with Crippen LogP contribution in [-0.4, -0.2) is 54.7 Å². The number of fused-ring (bicyclic) bond motifs is 1. The first-order valence-corrected chi connectivity index (χ1v) is 14.1. The molecule has 1 saturated heterocycles. The number of rotatable bonds is 6. The number of oxazole rings is 1. The van der Waals surface area contributed by atoms with Crippen LogP contribution in [0.25, 0.3) is 11.0 Å². The fraction of sp³-hybridized carbons (Fsp3) is 0.323. The minimum absolute atomic E-state index is 0.0694. The Morgan fingerprint density at radius 3 is 2.81 bits per heavy atom. The predicted molar refractivity (Wildman–Crippen MR) is 162 cm³/mol. The number of aromatic nitrogens is 6. The van der Waals surface area contributed by atoms with E-state index in [4.69, 9.17) is 4.42 Å². The summed E-state index contributed by atoms with van der Waals surface area (Å²) in [4.78, 5) is 33.6. The summed E-state index contributed by atoms with van der Waals surface area (Å²) in [6, 6.07) is 6.94. The van der Waals surface area contributed by atoms with Crippen LogP contribution in [0.15, 0.2) is 58.5 Å². The Bertz CT molecular complexity index is 1910. The topological polar surface area (TPSA) is 119 Å². The van der Waals surface area contributed by atoms with E-state index in [2.05, 4.69) is 49.3 Å². The van der Waals surface area contributed by atoms with Gasteiger partial charge in [-0.15, -0.1) is 0 Å². The number of anilines is 3. The molecule has 1 fully saturated rings. The summed E-state index contributed by atoms with van der Waals surface area (Å²) in [5, 5.41) is 7.08. The van der Waals surface area contributed by atoms with Gasteiger partial charge in [-0.2, -0.15) is 4.98 Å². The van der Waals surface area contributed by atoms with Crippen molar-refractivity contribution in [1.29, 1.82) is 0 Å². The largest absolute Gasteiger partial charge is 0.448 e. The lowest BCUT2D eigenvalue weighted by Crippen LogP contribution is -2.49. The third kappa shape index (κ3) is 5.85. The van der Waals surface area contributed by atoms with Crippen molar-refractivity contribution in [2.75, 3.05) is 29.9 Å². The fourth-order valence-electron chi connectivity index (χ4n) is 5.20. The molecule has 5 heterocycles. The van der Waals surface area contributed by atoms with Gasteiger partial charge in [0.2, 0.25) is 5.95 Å². The van der Waals surface area contributed by atoms with Gasteiger partial charge in [0.15, 0.2) is 12.2 Å². The Labute approximate surface area is 247 Å². The van der Waals surface area contributed by atoms with E-state index in [1.807, 2.05) is 25.8 Å². The smallest absolute Gasteiger partial charge is 0.268 e. The number of pyridine rings is 1. The molecule has 0 bridgehead atoms. The standard InChI is InChI=1S/C31H32FN9O2/c1-19(2)28-25(36-18-43-28)17-41-29-22(13-21(30(41)42)5-8-27-34-9-11-39(27)4)15-35-31(38-29)37-23-6-7-26(24(32)14-23)40-12-10-33-20(3)16-40/h6-7,9,11,13-15,18-20,33H,10,12,16-17H2,1-4H3,(H,35,37,38). The van der Waals surface area contributed by atoms with Crippen molar-refractivity contribution in [1.82, 2.24) is 34.4 Å². The maximum atomic E-state index is 15.2. The van der Waals surface area contributed by atoms with Gasteiger partial charge in [-0.3, -0.25) is 9.36 Å². The predicted octanol–water partition coefficient (Wildman–Crippen LogP) is 3.77. The number of piperazine rings is 1. The maximum Gasteiger partial charge on any atom is 0.268 e.